The highest BCUT2D eigenvalue weighted by molar-refractivity contribution is 7.26. The average molecular weight is 1060 g/mol. The van der Waals surface area contributed by atoms with Gasteiger partial charge in [-0.15, -0.1) is 11.3 Å². The third kappa shape index (κ3) is 7.00. The molecule has 1 fully saturated rings. The zero-order valence-corrected chi connectivity index (χ0v) is 49.1. The van der Waals surface area contributed by atoms with E-state index in [0.29, 0.717) is 0 Å². The molecule has 0 saturated heterocycles. The van der Waals surface area contributed by atoms with Gasteiger partial charge in [0.1, 0.15) is 11.2 Å². The third-order valence-electron chi connectivity index (χ3n) is 19.5. The fraction of sp³-hybridized carbons (Fsp3) is 0.270. The zero-order chi connectivity index (χ0) is 55.0. The summed E-state index contributed by atoms with van der Waals surface area (Å²) in [6.07, 6.45) is 4.66. The van der Waals surface area contributed by atoms with E-state index in [4.69, 9.17) is 4.42 Å². The van der Waals surface area contributed by atoms with Crippen LogP contribution in [0.2, 0.25) is 0 Å². The van der Waals surface area contributed by atoms with Crippen LogP contribution in [0.15, 0.2) is 180 Å². The maximum absolute atomic E-state index is 6.80. The molecule has 0 spiro atoms. The molecule has 15 rings (SSSR count). The summed E-state index contributed by atoms with van der Waals surface area (Å²) in [6, 6.07) is 68.1. The van der Waals surface area contributed by atoms with Gasteiger partial charge in [0.05, 0.1) is 32.7 Å². The summed E-state index contributed by atoms with van der Waals surface area (Å²) < 4.78 is 9.42. The highest BCUT2D eigenvalue weighted by Gasteiger charge is 2.58. The van der Waals surface area contributed by atoms with Crippen molar-refractivity contribution >= 4 is 122 Å². The lowest BCUT2D eigenvalue weighted by Crippen LogP contribution is -2.61. The summed E-state index contributed by atoms with van der Waals surface area (Å²) in [5.74, 6) is 0. The smallest absolute Gasteiger partial charge is 0.252 e. The SMILES string of the molecule is CC(C)(C)c1ccc2c(c1)B1c3ccc4c(sc5ccccc54)c3N(c3ccc(C(C)(C)C)cc3-c3ccccc3)c3cc(N4c5ccc(C(C)(C)C)cc5C5(C)CCCCC45C)cc(c31)N2c1cccc2oc3ccccc3c12. The minimum absolute atomic E-state index is 0.0126. The van der Waals surface area contributed by atoms with Crippen LogP contribution in [-0.4, -0.2) is 12.3 Å². The second-order valence-corrected chi connectivity index (χ2v) is 28.3. The fourth-order valence-corrected chi connectivity index (χ4v) is 16.2. The van der Waals surface area contributed by atoms with Crippen LogP contribution < -0.4 is 31.1 Å². The Bertz CT molecular complexity index is 4390. The van der Waals surface area contributed by atoms with E-state index in [1.165, 1.54) is 123 Å². The molecule has 9 aromatic carbocycles. The Morgan fingerprint density at radius 2 is 1.11 bits per heavy atom. The van der Waals surface area contributed by atoms with Gasteiger partial charge >= 0.3 is 0 Å². The Labute approximate surface area is 476 Å². The second kappa shape index (κ2) is 17.0. The van der Waals surface area contributed by atoms with Gasteiger partial charge in [0.2, 0.25) is 0 Å². The molecule has 3 aliphatic heterocycles. The van der Waals surface area contributed by atoms with Gasteiger partial charge in [0.25, 0.3) is 6.71 Å². The van der Waals surface area contributed by atoms with Crippen LogP contribution in [0.3, 0.4) is 0 Å². The molecule has 80 heavy (non-hydrogen) atoms. The van der Waals surface area contributed by atoms with Crippen molar-refractivity contribution in [2.24, 2.45) is 0 Å². The highest BCUT2D eigenvalue weighted by atomic mass is 32.1. The summed E-state index contributed by atoms with van der Waals surface area (Å²) in [6.45, 7) is 26.3. The van der Waals surface area contributed by atoms with Crippen LogP contribution >= 0.6 is 11.3 Å². The van der Waals surface area contributed by atoms with E-state index in [0.717, 1.165) is 40.5 Å². The predicted octanol–water partition coefficient (Wildman–Crippen LogP) is 19.3. The van der Waals surface area contributed by atoms with Crippen molar-refractivity contribution in [1.29, 1.82) is 0 Å². The van der Waals surface area contributed by atoms with Crippen LogP contribution in [0.4, 0.5) is 45.5 Å². The molecule has 0 N–H and O–H groups in total. The third-order valence-corrected chi connectivity index (χ3v) is 20.7. The molecule has 396 valence electrons. The summed E-state index contributed by atoms with van der Waals surface area (Å²) in [5, 5.41) is 4.86. The van der Waals surface area contributed by atoms with E-state index >= 15 is 0 Å². The minimum Gasteiger partial charge on any atom is -0.456 e. The van der Waals surface area contributed by atoms with Crippen molar-refractivity contribution in [3.63, 3.8) is 0 Å². The number of nitrogens with zero attached hydrogens (tertiary/aromatic N) is 3. The molecule has 4 aliphatic rings. The molecule has 0 radical (unpaired) electrons. The molecule has 2 atom stereocenters. The van der Waals surface area contributed by atoms with Crippen LogP contribution in [0, 0.1) is 0 Å². The zero-order valence-electron chi connectivity index (χ0n) is 48.3. The van der Waals surface area contributed by atoms with Gasteiger partial charge in [-0.2, -0.15) is 0 Å². The Kier molecular flexibility index (Phi) is 10.5. The molecular weight excluding hydrogens is 990 g/mol. The first-order valence-electron chi connectivity index (χ1n) is 29.2. The van der Waals surface area contributed by atoms with Crippen molar-refractivity contribution in [2.75, 3.05) is 14.7 Å². The number of rotatable bonds is 4. The number of furan rings is 1. The first kappa shape index (κ1) is 49.5. The van der Waals surface area contributed by atoms with E-state index < -0.39 is 0 Å². The molecule has 2 unspecified atom stereocenters. The number of para-hydroxylation sites is 1. The monoisotopic (exact) mass is 1060 g/mol. The Morgan fingerprint density at radius 1 is 0.487 bits per heavy atom. The molecular formula is C74H70BN3OS. The highest BCUT2D eigenvalue weighted by Crippen LogP contribution is 2.63. The normalized spacial score (nSPS) is 18.7. The van der Waals surface area contributed by atoms with Gasteiger partial charge in [0.15, 0.2) is 0 Å². The first-order chi connectivity index (χ1) is 38.3. The van der Waals surface area contributed by atoms with E-state index in [1.807, 2.05) is 11.3 Å². The van der Waals surface area contributed by atoms with Gasteiger partial charge in [-0.25, -0.2) is 0 Å². The summed E-state index contributed by atoms with van der Waals surface area (Å²) in [5.41, 5.74) is 23.1. The fourth-order valence-electron chi connectivity index (χ4n) is 14.9. The van der Waals surface area contributed by atoms with E-state index in [2.05, 4.69) is 267 Å². The van der Waals surface area contributed by atoms with Crippen molar-refractivity contribution in [2.45, 2.75) is 129 Å². The maximum Gasteiger partial charge on any atom is 0.252 e. The quantitative estimate of drug-likeness (QED) is 0.164. The van der Waals surface area contributed by atoms with Crippen molar-refractivity contribution in [3.8, 4) is 11.1 Å². The van der Waals surface area contributed by atoms with Crippen LogP contribution in [0.25, 0.3) is 53.2 Å². The molecule has 0 amide bonds. The molecule has 6 heteroatoms. The lowest BCUT2D eigenvalue weighted by Gasteiger charge is -2.51. The van der Waals surface area contributed by atoms with Crippen molar-refractivity contribution in [1.82, 2.24) is 0 Å². The molecule has 2 aromatic heterocycles. The number of fused-ring (bicyclic) bond motifs is 14. The van der Waals surface area contributed by atoms with Gasteiger partial charge in [0, 0.05) is 60.3 Å². The van der Waals surface area contributed by atoms with E-state index in [1.54, 1.807) is 0 Å². The Morgan fingerprint density at radius 3 is 1.86 bits per heavy atom. The average Bonchev–Trinajstić information content (AvgIpc) is 1.86. The van der Waals surface area contributed by atoms with Gasteiger partial charge in [-0.3, -0.25) is 0 Å². The van der Waals surface area contributed by atoms with Crippen molar-refractivity contribution in [3.05, 3.63) is 198 Å². The number of hydrogen-bond acceptors (Lipinski definition) is 5. The largest absolute Gasteiger partial charge is 0.456 e. The van der Waals surface area contributed by atoms with Gasteiger partial charge < -0.3 is 19.1 Å². The lowest BCUT2D eigenvalue weighted by atomic mass is 9.33. The number of anilines is 8. The first-order valence-corrected chi connectivity index (χ1v) is 30.1. The summed E-state index contributed by atoms with van der Waals surface area (Å²) >= 11 is 1.95. The summed E-state index contributed by atoms with van der Waals surface area (Å²) in [4.78, 5) is 8.22. The van der Waals surface area contributed by atoms with Crippen LogP contribution in [-0.2, 0) is 21.7 Å². The minimum atomic E-state index is -0.204. The Balaban J connectivity index is 1.13. The molecule has 0 bridgehead atoms. The summed E-state index contributed by atoms with van der Waals surface area (Å²) in [7, 11) is 0. The predicted molar refractivity (Wildman–Crippen MR) is 345 cm³/mol. The molecule has 11 aromatic rings. The molecule has 1 saturated carbocycles. The van der Waals surface area contributed by atoms with Crippen LogP contribution in [0.5, 0.6) is 0 Å². The second-order valence-electron chi connectivity index (χ2n) is 27.2. The van der Waals surface area contributed by atoms with E-state index in [9.17, 15) is 0 Å². The maximum atomic E-state index is 6.80. The molecule has 1 aliphatic carbocycles. The standard InChI is InChI=1S/C74H70BN3OS/c1-70(2,3)46-30-35-57(53(40-46)45-22-13-12-14-23-45)77-62-44-49(78-58-36-31-47(71(4,5)6)41-54(58)73(10)38-19-20-39-74(73,78)11)43-61-67(62)75(55-34-33-51-50-24-16-18-29-65(50)80-69(51)68(55)77)56-42-48(72(7,8)9)32-37-59(56)76(61)60-26-21-28-64-66(60)52-25-15-17-27-63(52)79-64/h12-18,21-37,40-44H,19-20,38-39H2,1-11H3. The lowest BCUT2D eigenvalue weighted by molar-refractivity contribution is 0.195. The number of hydrogen-bond donors (Lipinski definition) is 0. The van der Waals surface area contributed by atoms with Crippen LogP contribution in [0.1, 0.15) is 124 Å². The number of benzene rings is 9. The molecule has 4 nitrogen and oxygen atoms in total. The Hall–Kier alpha value is -7.54. The van der Waals surface area contributed by atoms with Crippen molar-refractivity contribution < 1.29 is 4.42 Å². The van der Waals surface area contributed by atoms with E-state index in [-0.39, 0.29) is 33.9 Å². The molecule has 5 heterocycles. The van der Waals surface area contributed by atoms with Gasteiger partial charge in [-0.1, -0.05) is 197 Å². The topological polar surface area (TPSA) is 22.9 Å². The van der Waals surface area contributed by atoms with Gasteiger partial charge in [-0.05, 0) is 141 Å². The number of thiophene rings is 1.